The molecule has 0 heterocycles. The number of carbonyl (C=O) groups excluding carboxylic acids is 1. The molecule has 1 unspecified atom stereocenters. The Bertz CT molecular complexity index is 758. The van der Waals surface area contributed by atoms with Crippen LogP contribution in [0.2, 0.25) is 0 Å². The highest BCUT2D eigenvalue weighted by molar-refractivity contribution is 7.89. The molecule has 1 amide bonds. The summed E-state index contributed by atoms with van der Waals surface area (Å²) in [7, 11) is -3.75. The van der Waals surface area contributed by atoms with E-state index in [1.165, 1.54) is 30.3 Å². The number of carboxylic acids is 1. The van der Waals surface area contributed by atoms with E-state index in [0.717, 1.165) is 0 Å². The normalized spacial score (nSPS) is 13.9. The summed E-state index contributed by atoms with van der Waals surface area (Å²) >= 11 is 0. The van der Waals surface area contributed by atoms with Gasteiger partial charge in [0.25, 0.3) is 5.91 Å². The van der Waals surface area contributed by atoms with Crippen LogP contribution >= 0.6 is 0 Å². The minimum atomic E-state index is -3.75. The largest absolute Gasteiger partial charge is 0.481 e. The summed E-state index contributed by atoms with van der Waals surface area (Å²) in [5.74, 6) is -1.69. The van der Waals surface area contributed by atoms with E-state index in [4.69, 9.17) is 5.11 Å². The van der Waals surface area contributed by atoms with Gasteiger partial charge in [0, 0.05) is 12.1 Å². The van der Waals surface area contributed by atoms with Crippen molar-refractivity contribution in [2.24, 2.45) is 5.92 Å². The van der Waals surface area contributed by atoms with Gasteiger partial charge in [0.2, 0.25) is 10.0 Å². The lowest BCUT2D eigenvalue weighted by Crippen LogP contribution is -2.51. The number of benzene rings is 1. The van der Waals surface area contributed by atoms with Gasteiger partial charge in [0.1, 0.15) is 0 Å². The second-order valence-electron chi connectivity index (χ2n) is 6.27. The van der Waals surface area contributed by atoms with Crippen LogP contribution in [0.1, 0.15) is 37.6 Å². The van der Waals surface area contributed by atoms with E-state index in [-0.39, 0.29) is 29.3 Å². The third-order valence-corrected chi connectivity index (χ3v) is 5.44. The first-order valence-corrected chi connectivity index (χ1v) is 9.25. The molecule has 0 aliphatic heterocycles. The van der Waals surface area contributed by atoms with Crippen molar-refractivity contribution in [1.82, 2.24) is 10.0 Å². The summed E-state index contributed by atoms with van der Waals surface area (Å²) in [6, 6.07) is 5.56. The maximum Gasteiger partial charge on any atom is 0.305 e. The van der Waals surface area contributed by atoms with Gasteiger partial charge in [-0.05, 0) is 31.0 Å². The summed E-state index contributed by atoms with van der Waals surface area (Å²) in [6.07, 6.45) is 1.17. The Labute approximate surface area is 148 Å². The third-order valence-electron chi connectivity index (χ3n) is 4.02. The van der Waals surface area contributed by atoms with Crippen molar-refractivity contribution in [3.8, 4) is 0 Å². The molecule has 0 aliphatic rings. The van der Waals surface area contributed by atoms with Crippen molar-refractivity contribution in [2.75, 3.05) is 6.54 Å². The Morgan fingerprint density at radius 2 is 2.00 bits per heavy atom. The third kappa shape index (κ3) is 5.68. The fourth-order valence-electron chi connectivity index (χ4n) is 2.09. The van der Waals surface area contributed by atoms with E-state index in [1.807, 2.05) is 13.8 Å². The Morgan fingerprint density at radius 3 is 2.52 bits per heavy atom. The van der Waals surface area contributed by atoms with Crippen LogP contribution in [0.4, 0.5) is 0 Å². The number of rotatable bonds is 9. The molecule has 0 saturated carbocycles. The van der Waals surface area contributed by atoms with Crippen LogP contribution < -0.4 is 10.0 Å². The van der Waals surface area contributed by atoms with Gasteiger partial charge in [-0.15, -0.1) is 6.58 Å². The molecule has 8 heteroatoms. The van der Waals surface area contributed by atoms with Gasteiger partial charge in [-0.25, -0.2) is 13.1 Å². The number of carbonyl (C=O) groups is 2. The van der Waals surface area contributed by atoms with Gasteiger partial charge < -0.3 is 10.4 Å². The molecule has 7 nitrogen and oxygen atoms in total. The van der Waals surface area contributed by atoms with Crippen molar-refractivity contribution in [2.45, 2.75) is 37.6 Å². The molecule has 138 valence electrons. The molecule has 1 aromatic rings. The molecule has 1 aromatic carbocycles. The fraction of sp³-hybridized carbons (Fsp3) is 0.412. The highest BCUT2D eigenvalue weighted by Gasteiger charge is 2.33. The van der Waals surface area contributed by atoms with E-state index in [1.54, 1.807) is 6.92 Å². The summed E-state index contributed by atoms with van der Waals surface area (Å²) < 4.78 is 26.6. The van der Waals surface area contributed by atoms with E-state index in [9.17, 15) is 18.0 Å². The van der Waals surface area contributed by atoms with Crippen molar-refractivity contribution in [3.63, 3.8) is 0 Å². The lowest BCUT2D eigenvalue weighted by atomic mass is 9.85. The molecule has 0 fully saturated rings. The van der Waals surface area contributed by atoms with Gasteiger partial charge in [0.15, 0.2) is 0 Å². The quantitative estimate of drug-likeness (QED) is 0.575. The summed E-state index contributed by atoms with van der Waals surface area (Å²) in [5.41, 5.74) is -0.822. The lowest BCUT2D eigenvalue weighted by molar-refractivity contribution is -0.138. The average molecular weight is 368 g/mol. The molecule has 0 aliphatic carbocycles. The Balaban J connectivity index is 3.08. The molecule has 0 bridgehead atoms. The van der Waals surface area contributed by atoms with Crippen LogP contribution in [0, 0.1) is 5.92 Å². The number of amides is 1. The number of nitrogens with one attached hydrogen (secondary N) is 2. The first-order chi connectivity index (χ1) is 11.5. The summed E-state index contributed by atoms with van der Waals surface area (Å²) in [4.78, 5) is 23.5. The molecule has 3 N–H and O–H groups in total. The zero-order valence-corrected chi connectivity index (χ0v) is 15.4. The molecule has 1 atom stereocenters. The predicted octanol–water partition coefficient (Wildman–Crippen LogP) is 1.77. The number of hydrogen-bond donors (Lipinski definition) is 3. The number of sulfonamides is 1. The molecule has 0 spiro atoms. The average Bonchev–Trinajstić information content (AvgIpc) is 2.52. The highest BCUT2D eigenvalue weighted by atomic mass is 32.2. The van der Waals surface area contributed by atoms with E-state index < -0.39 is 27.4 Å². The van der Waals surface area contributed by atoms with Crippen LogP contribution in [-0.4, -0.2) is 37.5 Å². The molecule has 0 saturated heterocycles. The Morgan fingerprint density at radius 1 is 1.36 bits per heavy atom. The molecule has 0 radical (unpaired) electrons. The van der Waals surface area contributed by atoms with E-state index in [2.05, 4.69) is 16.6 Å². The van der Waals surface area contributed by atoms with Crippen molar-refractivity contribution in [3.05, 3.63) is 42.5 Å². The van der Waals surface area contributed by atoms with Crippen LogP contribution in [-0.2, 0) is 14.8 Å². The molecule has 25 heavy (non-hydrogen) atoms. The topological polar surface area (TPSA) is 113 Å². The first kappa shape index (κ1) is 20.9. The smallest absolute Gasteiger partial charge is 0.305 e. The van der Waals surface area contributed by atoms with Crippen molar-refractivity contribution in [1.29, 1.82) is 0 Å². The zero-order valence-electron chi connectivity index (χ0n) is 14.6. The second kappa shape index (κ2) is 8.26. The van der Waals surface area contributed by atoms with E-state index >= 15 is 0 Å². The molecule has 1 rings (SSSR count). The van der Waals surface area contributed by atoms with E-state index in [0.29, 0.717) is 0 Å². The predicted molar refractivity (Wildman–Crippen MR) is 94.8 cm³/mol. The van der Waals surface area contributed by atoms with Gasteiger partial charge in [-0.2, -0.15) is 0 Å². The first-order valence-electron chi connectivity index (χ1n) is 7.77. The van der Waals surface area contributed by atoms with Gasteiger partial charge in [0.05, 0.1) is 16.9 Å². The lowest BCUT2D eigenvalue weighted by Gasteiger charge is -2.33. The van der Waals surface area contributed by atoms with Crippen LogP contribution in [0.15, 0.2) is 41.8 Å². The maximum absolute atomic E-state index is 12.5. The Hall–Kier alpha value is -2.19. The van der Waals surface area contributed by atoms with Crippen molar-refractivity contribution < 1.29 is 23.1 Å². The van der Waals surface area contributed by atoms with Gasteiger partial charge in [-0.1, -0.05) is 26.0 Å². The maximum atomic E-state index is 12.5. The zero-order chi connectivity index (χ0) is 19.3. The summed E-state index contributed by atoms with van der Waals surface area (Å²) in [6.45, 7) is 8.78. The number of aliphatic carboxylic acids is 1. The Kier molecular flexibility index (Phi) is 6.89. The molecular formula is C17H24N2O5S. The minimum absolute atomic E-state index is 0.0496. The molecular weight excluding hydrogens is 344 g/mol. The monoisotopic (exact) mass is 368 g/mol. The molecule has 0 aromatic heterocycles. The van der Waals surface area contributed by atoms with Gasteiger partial charge >= 0.3 is 5.97 Å². The highest BCUT2D eigenvalue weighted by Crippen LogP contribution is 2.22. The van der Waals surface area contributed by atoms with Gasteiger partial charge in [-0.3, -0.25) is 9.59 Å². The second-order valence-corrected chi connectivity index (χ2v) is 8.03. The van der Waals surface area contributed by atoms with Crippen LogP contribution in [0.3, 0.4) is 0 Å². The van der Waals surface area contributed by atoms with Crippen LogP contribution in [0.25, 0.3) is 0 Å². The number of hydrogen-bond acceptors (Lipinski definition) is 4. The summed E-state index contributed by atoms with van der Waals surface area (Å²) in [5, 5.41) is 11.8. The minimum Gasteiger partial charge on any atom is -0.481 e. The van der Waals surface area contributed by atoms with Crippen LogP contribution in [0.5, 0.6) is 0 Å². The fourth-order valence-corrected chi connectivity index (χ4v) is 3.14. The standard InChI is InChI=1S/C17H24N2O5S/c1-5-9-18-25(23,24)14-8-6-7-13(10-14)16(22)19-17(4,12(2)3)11-15(20)21/h5-8,10,12,18H,1,9,11H2,2-4H3,(H,19,22)(H,20,21). The number of carboxylic acid groups (broad SMARTS) is 1. The van der Waals surface area contributed by atoms with Crippen molar-refractivity contribution >= 4 is 21.9 Å². The SMILES string of the molecule is C=CCNS(=O)(=O)c1cccc(C(=O)NC(C)(CC(=O)O)C(C)C)c1.